The fourth-order valence-corrected chi connectivity index (χ4v) is 2.49. The SMILES string of the molecule is C=NC1=C(/C(C)=N\C)NCN1C1CCC(CC)O1. The molecule has 5 heteroatoms. The first-order chi connectivity index (χ1) is 8.71. The van der Waals surface area contributed by atoms with Crippen molar-refractivity contribution in [3.63, 3.8) is 0 Å². The van der Waals surface area contributed by atoms with Crippen LogP contribution in [-0.4, -0.2) is 43.4 Å². The Labute approximate surface area is 109 Å². The summed E-state index contributed by atoms with van der Waals surface area (Å²) < 4.78 is 6.01. The molecule has 2 aliphatic heterocycles. The topological polar surface area (TPSA) is 49.2 Å². The molecule has 100 valence electrons. The third-order valence-corrected chi connectivity index (χ3v) is 3.66. The molecule has 0 aromatic carbocycles. The minimum atomic E-state index is 0.116. The van der Waals surface area contributed by atoms with E-state index in [1.54, 1.807) is 7.05 Å². The molecule has 18 heavy (non-hydrogen) atoms. The quantitative estimate of drug-likeness (QED) is 0.773. The van der Waals surface area contributed by atoms with Crippen molar-refractivity contribution < 1.29 is 4.74 Å². The summed E-state index contributed by atoms with van der Waals surface area (Å²) in [5, 5.41) is 3.33. The zero-order valence-corrected chi connectivity index (χ0v) is 11.4. The fourth-order valence-electron chi connectivity index (χ4n) is 2.49. The molecule has 1 N–H and O–H groups in total. The molecule has 2 rings (SSSR count). The van der Waals surface area contributed by atoms with Crippen molar-refractivity contribution in [2.45, 2.75) is 45.4 Å². The van der Waals surface area contributed by atoms with Gasteiger partial charge in [0.1, 0.15) is 6.23 Å². The van der Waals surface area contributed by atoms with E-state index >= 15 is 0 Å². The molecule has 0 radical (unpaired) electrons. The second kappa shape index (κ2) is 5.52. The zero-order chi connectivity index (χ0) is 13.1. The number of ether oxygens (including phenoxy) is 1. The van der Waals surface area contributed by atoms with Crippen molar-refractivity contribution in [2.24, 2.45) is 9.98 Å². The van der Waals surface area contributed by atoms with Crippen LogP contribution in [0, 0.1) is 0 Å². The van der Waals surface area contributed by atoms with E-state index < -0.39 is 0 Å². The van der Waals surface area contributed by atoms with E-state index in [2.05, 4.69) is 33.8 Å². The Bertz CT molecular complexity index is 388. The normalized spacial score (nSPS) is 28.8. The summed E-state index contributed by atoms with van der Waals surface area (Å²) in [5.41, 5.74) is 1.92. The van der Waals surface area contributed by atoms with Crippen molar-refractivity contribution in [3.05, 3.63) is 11.5 Å². The van der Waals surface area contributed by atoms with Crippen LogP contribution in [-0.2, 0) is 4.74 Å². The number of nitrogens with one attached hydrogen (secondary N) is 1. The number of allylic oxidation sites excluding steroid dienone is 1. The number of hydrogen-bond acceptors (Lipinski definition) is 5. The average Bonchev–Trinajstić information content (AvgIpc) is 3.02. The fraction of sp³-hybridized carbons (Fsp3) is 0.692. The standard InChI is InChI=1S/C13H22N4O/c1-5-10-6-7-11(18-10)17-8-16-12(9(2)14-3)13(17)15-4/h10-11,16H,4-8H2,1-3H3/b14-9-. The Morgan fingerprint density at radius 1 is 1.56 bits per heavy atom. The van der Waals surface area contributed by atoms with Crippen LogP contribution in [0.2, 0.25) is 0 Å². The molecule has 0 aliphatic carbocycles. The lowest BCUT2D eigenvalue weighted by Gasteiger charge is -2.25. The molecule has 0 amide bonds. The van der Waals surface area contributed by atoms with E-state index in [9.17, 15) is 0 Å². The highest BCUT2D eigenvalue weighted by Crippen LogP contribution is 2.30. The van der Waals surface area contributed by atoms with Gasteiger partial charge in [0.15, 0.2) is 5.82 Å². The van der Waals surface area contributed by atoms with E-state index in [1.165, 1.54) is 0 Å². The van der Waals surface area contributed by atoms with E-state index in [0.29, 0.717) is 6.10 Å². The van der Waals surface area contributed by atoms with Gasteiger partial charge in [-0.25, -0.2) is 4.99 Å². The molecule has 0 spiro atoms. The minimum Gasteiger partial charge on any atom is -0.363 e. The third-order valence-electron chi connectivity index (χ3n) is 3.66. The van der Waals surface area contributed by atoms with Crippen LogP contribution in [0.5, 0.6) is 0 Å². The predicted octanol–water partition coefficient (Wildman–Crippen LogP) is 1.72. The lowest BCUT2D eigenvalue weighted by Crippen LogP contribution is -2.34. The molecule has 0 saturated carbocycles. The number of nitrogens with zero attached hydrogens (tertiary/aromatic N) is 3. The molecular formula is C13H22N4O. The molecule has 5 nitrogen and oxygen atoms in total. The predicted molar refractivity (Wildman–Crippen MR) is 73.6 cm³/mol. The Balaban J connectivity index is 2.16. The molecule has 2 atom stereocenters. The summed E-state index contributed by atoms with van der Waals surface area (Å²) in [4.78, 5) is 10.5. The van der Waals surface area contributed by atoms with Gasteiger partial charge in [-0.2, -0.15) is 0 Å². The number of rotatable bonds is 4. The van der Waals surface area contributed by atoms with Crippen molar-refractivity contribution in [2.75, 3.05) is 13.7 Å². The van der Waals surface area contributed by atoms with Gasteiger partial charge in [-0.05, 0) is 32.9 Å². The van der Waals surface area contributed by atoms with Crippen molar-refractivity contribution in [3.8, 4) is 0 Å². The van der Waals surface area contributed by atoms with E-state index in [-0.39, 0.29) is 6.23 Å². The lowest BCUT2D eigenvalue weighted by molar-refractivity contribution is -0.0370. The zero-order valence-electron chi connectivity index (χ0n) is 11.4. The highest BCUT2D eigenvalue weighted by Gasteiger charge is 2.34. The first-order valence-electron chi connectivity index (χ1n) is 6.52. The van der Waals surface area contributed by atoms with Gasteiger partial charge in [-0.3, -0.25) is 4.99 Å². The smallest absolute Gasteiger partial charge is 0.156 e. The van der Waals surface area contributed by atoms with Gasteiger partial charge in [0.25, 0.3) is 0 Å². The summed E-state index contributed by atoms with van der Waals surface area (Å²) in [6, 6.07) is 0. The first-order valence-corrected chi connectivity index (χ1v) is 6.52. The summed E-state index contributed by atoms with van der Waals surface area (Å²) in [7, 11) is 1.78. The molecule has 2 unspecified atom stereocenters. The van der Waals surface area contributed by atoms with Gasteiger partial charge in [-0.1, -0.05) is 6.92 Å². The van der Waals surface area contributed by atoms with Gasteiger partial charge in [0.2, 0.25) is 0 Å². The van der Waals surface area contributed by atoms with Gasteiger partial charge < -0.3 is 15.0 Å². The summed E-state index contributed by atoms with van der Waals surface area (Å²) in [6.07, 6.45) is 3.74. The van der Waals surface area contributed by atoms with E-state index in [1.807, 2.05) is 6.92 Å². The minimum absolute atomic E-state index is 0.116. The van der Waals surface area contributed by atoms with Crippen LogP contribution in [0.25, 0.3) is 0 Å². The monoisotopic (exact) mass is 250 g/mol. The number of hydrogen-bond donors (Lipinski definition) is 1. The maximum atomic E-state index is 6.01. The molecule has 1 saturated heterocycles. The maximum absolute atomic E-state index is 6.01. The van der Waals surface area contributed by atoms with Crippen LogP contribution >= 0.6 is 0 Å². The number of aliphatic imine (C=N–C) groups is 2. The van der Waals surface area contributed by atoms with Crippen LogP contribution in [0.15, 0.2) is 21.5 Å². The second-order valence-electron chi connectivity index (χ2n) is 4.67. The van der Waals surface area contributed by atoms with E-state index in [4.69, 9.17) is 4.74 Å². The molecule has 2 aliphatic rings. The summed E-state index contributed by atoms with van der Waals surface area (Å²) in [6.45, 7) is 8.53. The molecular weight excluding hydrogens is 228 g/mol. The van der Waals surface area contributed by atoms with Crippen LogP contribution in [0.1, 0.15) is 33.1 Å². The lowest BCUT2D eigenvalue weighted by atomic mass is 10.2. The summed E-state index contributed by atoms with van der Waals surface area (Å²) >= 11 is 0. The van der Waals surface area contributed by atoms with Crippen LogP contribution in [0.4, 0.5) is 0 Å². The highest BCUT2D eigenvalue weighted by molar-refractivity contribution is 5.98. The Hall–Kier alpha value is -1.36. The first kappa shape index (κ1) is 13.1. The van der Waals surface area contributed by atoms with Crippen molar-refractivity contribution >= 4 is 12.4 Å². The Morgan fingerprint density at radius 2 is 2.33 bits per heavy atom. The maximum Gasteiger partial charge on any atom is 0.156 e. The average molecular weight is 250 g/mol. The molecule has 0 aromatic rings. The summed E-state index contributed by atoms with van der Waals surface area (Å²) in [5.74, 6) is 0.861. The van der Waals surface area contributed by atoms with E-state index in [0.717, 1.165) is 43.2 Å². The van der Waals surface area contributed by atoms with Gasteiger partial charge >= 0.3 is 0 Å². The highest BCUT2D eigenvalue weighted by atomic mass is 16.5. The molecule has 2 heterocycles. The molecule has 1 fully saturated rings. The molecule has 0 bridgehead atoms. The Kier molecular flexibility index (Phi) is 4.01. The van der Waals surface area contributed by atoms with Gasteiger partial charge in [-0.15, -0.1) is 0 Å². The van der Waals surface area contributed by atoms with Crippen LogP contribution in [0.3, 0.4) is 0 Å². The van der Waals surface area contributed by atoms with Crippen molar-refractivity contribution in [1.29, 1.82) is 0 Å². The third kappa shape index (κ3) is 2.27. The largest absolute Gasteiger partial charge is 0.363 e. The van der Waals surface area contributed by atoms with Crippen molar-refractivity contribution in [1.82, 2.24) is 10.2 Å². The van der Waals surface area contributed by atoms with Gasteiger partial charge in [0, 0.05) is 7.05 Å². The second-order valence-corrected chi connectivity index (χ2v) is 4.67. The Morgan fingerprint density at radius 3 is 2.89 bits per heavy atom. The molecule has 0 aromatic heterocycles. The van der Waals surface area contributed by atoms with Crippen LogP contribution < -0.4 is 5.32 Å². The van der Waals surface area contributed by atoms with Gasteiger partial charge in [0.05, 0.1) is 24.2 Å².